The first-order valence-corrected chi connectivity index (χ1v) is 7.78. The molecule has 0 atom stereocenters. The fourth-order valence-electron chi connectivity index (χ4n) is 2.33. The standard InChI is InChI=1S/C17H13N3S/c1-2-6-15-13(5-1)8-9-17(19-15)21-12-14-11-20-10-4-3-7-16(20)18-14/h1-11H,12H2. The molecule has 3 aromatic heterocycles. The maximum atomic E-state index is 4.67. The number of para-hydroxylation sites is 1. The van der Waals surface area contributed by atoms with E-state index in [9.17, 15) is 0 Å². The second kappa shape index (κ2) is 5.22. The Kier molecular flexibility index (Phi) is 3.09. The highest BCUT2D eigenvalue weighted by molar-refractivity contribution is 7.98. The summed E-state index contributed by atoms with van der Waals surface area (Å²) >= 11 is 1.72. The molecule has 0 aliphatic carbocycles. The van der Waals surface area contributed by atoms with Crippen LogP contribution in [0.2, 0.25) is 0 Å². The van der Waals surface area contributed by atoms with Crippen molar-refractivity contribution in [3.05, 3.63) is 72.7 Å². The fourth-order valence-corrected chi connectivity index (χ4v) is 3.09. The van der Waals surface area contributed by atoms with E-state index < -0.39 is 0 Å². The Hall–Kier alpha value is -2.33. The minimum absolute atomic E-state index is 0.826. The van der Waals surface area contributed by atoms with Crippen LogP contribution in [0.1, 0.15) is 5.69 Å². The topological polar surface area (TPSA) is 30.2 Å². The highest BCUT2D eigenvalue weighted by Crippen LogP contribution is 2.23. The highest BCUT2D eigenvalue weighted by Gasteiger charge is 2.03. The largest absolute Gasteiger partial charge is 0.307 e. The monoisotopic (exact) mass is 291 g/mol. The Morgan fingerprint density at radius 1 is 0.905 bits per heavy atom. The average Bonchev–Trinajstić information content (AvgIpc) is 2.95. The maximum absolute atomic E-state index is 4.67. The van der Waals surface area contributed by atoms with Gasteiger partial charge < -0.3 is 4.40 Å². The molecule has 1 aromatic carbocycles. The van der Waals surface area contributed by atoms with Crippen LogP contribution in [0, 0.1) is 0 Å². The molecule has 21 heavy (non-hydrogen) atoms. The molecular weight excluding hydrogens is 278 g/mol. The summed E-state index contributed by atoms with van der Waals surface area (Å²) in [6.07, 6.45) is 4.09. The van der Waals surface area contributed by atoms with E-state index in [-0.39, 0.29) is 0 Å². The second-order valence-electron chi connectivity index (χ2n) is 4.83. The van der Waals surface area contributed by atoms with E-state index >= 15 is 0 Å². The number of rotatable bonds is 3. The molecule has 0 N–H and O–H groups in total. The summed E-state index contributed by atoms with van der Waals surface area (Å²) in [5.41, 5.74) is 3.10. The third-order valence-electron chi connectivity index (χ3n) is 3.35. The fraction of sp³-hybridized carbons (Fsp3) is 0.0588. The molecule has 0 spiro atoms. The zero-order valence-corrected chi connectivity index (χ0v) is 12.1. The Balaban J connectivity index is 1.57. The van der Waals surface area contributed by atoms with Crippen LogP contribution in [0.25, 0.3) is 16.6 Å². The molecular formula is C17H13N3S. The smallest absolute Gasteiger partial charge is 0.137 e. The SMILES string of the molecule is c1ccc2nc(SCc3cn4ccccc4n3)ccc2c1. The predicted octanol–water partition coefficient (Wildman–Crippen LogP) is 4.17. The normalized spacial score (nSPS) is 11.2. The minimum Gasteiger partial charge on any atom is -0.307 e. The molecule has 4 heteroatoms. The van der Waals surface area contributed by atoms with Gasteiger partial charge in [-0.1, -0.05) is 42.1 Å². The number of hydrogen-bond donors (Lipinski definition) is 0. The van der Waals surface area contributed by atoms with Crippen LogP contribution in [0.15, 0.2) is 72.0 Å². The van der Waals surface area contributed by atoms with Gasteiger partial charge in [-0.05, 0) is 24.3 Å². The summed E-state index contributed by atoms with van der Waals surface area (Å²) in [6, 6.07) is 18.4. The van der Waals surface area contributed by atoms with Gasteiger partial charge in [-0.3, -0.25) is 0 Å². The molecule has 0 bridgehead atoms. The number of hydrogen-bond acceptors (Lipinski definition) is 3. The van der Waals surface area contributed by atoms with Crippen LogP contribution in [-0.4, -0.2) is 14.4 Å². The van der Waals surface area contributed by atoms with Crippen LogP contribution in [-0.2, 0) is 5.75 Å². The Labute approximate surface area is 126 Å². The lowest BCUT2D eigenvalue weighted by Crippen LogP contribution is -1.84. The van der Waals surface area contributed by atoms with Crippen LogP contribution < -0.4 is 0 Å². The summed E-state index contributed by atoms with van der Waals surface area (Å²) < 4.78 is 2.05. The van der Waals surface area contributed by atoms with Crippen LogP contribution in [0.5, 0.6) is 0 Å². The van der Waals surface area contributed by atoms with Crippen molar-refractivity contribution in [2.75, 3.05) is 0 Å². The average molecular weight is 291 g/mol. The zero-order valence-electron chi connectivity index (χ0n) is 11.3. The Morgan fingerprint density at radius 2 is 1.81 bits per heavy atom. The highest BCUT2D eigenvalue weighted by atomic mass is 32.2. The van der Waals surface area contributed by atoms with Gasteiger partial charge >= 0.3 is 0 Å². The van der Waals surface area contributed by atoms with Crippen molar-refractivity contribution in [2.24, 2.45) is 0 Å². The van der Waals surface area contributed by atoms with Crippen molar-refractivity contribution in [1.29, 1.82) is 0 Å². The Morgan fingerprint density at radius 3 is 2.76 bits per heavy atom. The number of pyridine rings is 2. The number of aromatic nitrogens is 3. The minimum atomic E-state index is 0.826. The molecule has 0 aliphatic heterocycles. The number of nitrogens with zero attached hydrogens (tertiary/aromatic N) is 3. The summed E-state index contributed by atoms with van der Waals surface area (Å²) in [4.78, 5) is 9.28. The molecule has 0 fully saturated rings. The van der Waals surface area contributed by atoms with E-state index in [1.165, 1.54) is 5.39 Å². The van der Waals surface area contributed by atoms with E-state index in [0.29, 0.717) is 0 Å². The molecule has 0 radical (unpaired) electrons. The molecule has 3 heterocycles. The molecule has 102 valence electrons. The quantitative estimate of drug-likeness (QED) is 0.531. The molecule has 4 aromatic rings. The third kappa shape index (κ3) is 2.50. The van der Waals surface area contributed by atoms with E-state index in [1.54, 1.807) is 11.8 Å². The van der Waals surface area contributed by atoms with Crippen LogP contribution >= 0.6 is 11.8 Å². The first-order chi connectivity index (χ1) is 10.4. The summed E-state index contributed by atoms with van der Waals surface area (Å²) in [5, 5.41) is 2.21. The van der Waals surface area contributed by atoms with Gasteiger partial charge in [-0.25, -0.2) is 9.97 Å². The van der Waals surface area contributed by atoms with Gasteiger partial charge in [0.15, 0.2) is 0 Å². The molecule has 0 saturated carbocycles. The van der Waals surface area contributed by atoms with Gasteiger partial charge in [-0.15, -0.1) is 0 Å². The number of fused-ring (bicyclic) bond motifs is 2. The van der Waals surface area contributed by atoms with E-state index in [4.69, 9.17) is 0 Å². The van der Waals surface area contributed by atoms with Crippen molar-refractivity contribution in [3.8, 4) is 0 Å². The Bertz CT molecular complexity index is 881. The van der Waals surface area contributed by atoms with Crippen LogP contribution in [0.4, 0.5) is 0 Å². The molecule has 3 nitrogen and oxygen atoms in total. The van der Waals surface area contributed by atoms with Crippen LogP contribution in [0.3, 0.4) is 0 Å². The lowest BCUT2D eigenvalue weighted by molar-refractivity contribution is 1.17. The van der Waals surface area contributed by atoms with Crippen molar-refractivity contribution >= 4 is 28.3 Å². The first-order valence-electron chi connectivity index (χ1n) is 6.80. The van der Waals surface area contributed by atoms with E-state index in [2.05, 4.69) is 34.4 Å². The molecule has 0 aliphatic rings. The summed E-state index contributed by atoms with van der Waals surface area (Å²) in [5.74, 6) is 0.826. The van der Waals surface area contributed by atoms with E-state index in [0.717, 1.165) is 27.6 Å². The third-order valence-corrected chi connectivity index (χ3v) is 4.32. The molecule has 0 amide bonds. The summed E-state index contributed by atoms with van der Waals surface area (Å²) in [6.45, 7) is 0. The van der Waals surface area contributed by atoms with Crippen molar-refractivity contribution in [2.45, 2.75) is 10.8 Å². The number of thioether (sulfide) groups is 1. The molecule has 4 rings (SSSR count). The first kappa shape index (κ1) is 12.4. The predicted molar refractivity (Wildman–Crippen MR) is 86.5 cm³/mol. The summed E-state index contributed by atoms with van der Waals surface area (Å²) in [7, 11) is 0. The van der Waals surface area contributed by atoms with E-state index in [1.807, 2.05) is 47.0 Å². The zero-order chi connectivity index (χ0) is 14.1. The van der Waals surface area contributed by atoms with Gasteiger partial charge in [0.05, 0.1) is 16.2 Å². The van der Waals surface area contributed by atoms with Gasteiger partial charge in [0, 0.05) is 23.5 Å². The van der Waals surface area contributed by atoms with Gasteiger partial charge in [-0.2, -0.15) is 0 Å². The molecule has 0 saturated heterocycles. The molecule has 0 unspecified atom stereocenters. The van der Waals surface area contributed by atoms with Gasteiger partial charge in [0.25, 0.3) is 0 Å². The number of benzene rings is 1. The lowest BCUT2D eigenvalue weighted by Gasteiger charge is -2.01. The van der Waals surface area contributed by atoms with Gasteiger partial charge in [0.2, 0.25) is 0 Å². The second-order valence-corrected chi connectivity index (χ2v) is 5.82. The number of imidazole rings is 1. The van der Waals surface area contributed by atoms with Crippen molar-refractivity contribution < 1.29 is 0 Å². The van der Waals surface area contributed by atoms with Crippen molar-refractivity contribution in [1.82, 2.24) is 14.4 Å². The van der Waals surface area contributed by atoms with Crippen molar-refractivity contribution in [3.63, 3.8) is 0 Å². The maximum Gasteiger partial charge on any atom is 0.137 e. The van der Waals surface area contributed by atoms with Gasteiger partial charge in [0.1, 0.15) is 5.65 Å². The lowest BCUT2D eigenvalue weighted by atomic mass is 10.2.